The lowest BCUT2D eigenvalue weighted by Crippen LogP contribution is -2.45. The Morgan fingerprint density at radius 3 is 2.62 bits per heavy atom. The van der Waals surface area contributed by atoms with E-state index in [-0.39, 0.29) is 12.2 Å². The van der Waals surface area contributed by atoms with Gasteiger partial charge in [-0.05, 0) is 18.1 Å². The van der Waals surface area contributed by atoms with Crippen LogP contribution in [0.1, 0.15) is 5.56 Å². The first kappa shape index (κ1) is 11.3. The standard InChI is InChI=1S/C11H11F3O2/c12-11(13,14)10-8(6-15)5-7-3-1-2-4-9(7)16-10/h1-4,8,10,15H,5-6H2/t8-,10-/m1/s1. The Labute approximate surface area is 90.7 Å². The molecule has 5 heteroatoms. The normalized spacial score (nSPS) is 24.8. The lowest BCUT2D eigenvalue weighted by molar-refractivity contribution is -0.216. The molecule has 1 heterocycles. The second kappa shape index (κ2) is 3.97. The zero-order valence-corrected chi connectivity index (χ0v) is 8.37. The maximum atomic E-state index is 12.6. The number of aliphatic hydroxyl groups excluding tert-OH is 1. The minimum absolute atomic E-state index is 0.191. The number of fused-ring (bicyclic) bond motifs is 1. The molecule has 0 fully saturated rings. The Balaban J connectivity index is 2.31. The predicted molar refractivity (Wildman–Crippen MR) is 51.2 cm³/mol. The molecule has 1 aliphatic heterocycles. The molecule has 0 aromatic heterocycles. The van der Waals surface area contributed by atoms with Crippen LogP contribution < -0.4 is 4.74 Å². The monoisotopic (exact) mass is 232 g/mol. The molecule has 2 atom stereocenters. The Kier molecular flexibility index (Phi) is 2.80. The van der Waals surface area contributed by atoms with Crippen LogP contribution in [0.25, 0.3) is 0 Å². The van der Waals surface area contributed by atoms with Crippen molar-refractivity contribution in [2.75, 3.05) is 6.61 Å². The highest BCUT2D eigenvalue weighted by atomic mass is 19.4. The van der Waals surface area contributed by atoms with E-state index in [4.69, 9.17) is 9.84 Å². The van der Waals surface area contributed by atoms with Crippen LogP contribution in [0, 0.1) is 5.92 Å². The van der Waals surface area contributed by atoms with Gasteiger partial charge in [0, 0.05) is 5.92 Å². The second-order valence-electron chi connectivity index (χ2n) is 3.83. The van der Waals surface area contributed by atoms with E-state index in [0.717, 1.165) is 0 Å². The topological polar surface area (TPSA) is 29.5 Å². The molecule has 0 saturated heterocycles. The summed E-state index contributed by atoms with van der Waals surface area (Å²) in [4.78, 5) is 0. The fraction of sp³-hybridized carbons (Fsp3) is 0.455. The molecule has 0 saturated carbocycles. The van der Waals surface area contributed by atoms with Crippen LogP contribution in [-0.2, 0) is 6.42 Å². The van der Waals surface area contributed by atoms with Gasteiger partial charge in [-0.1, -0.05) is 18.2 Å². The predicted octanol–water partition coefficient (Wildman–Crippen LogP) is 2.16. The van der Waals surface area contributed by atoms with Crippen molar-refractivity contribution in [3.05, 3.63) is 29.8 Å². The Hall–Kier alpha value is -1.23. The lowest BCUT2D eigenvalue weighted by atomic mass is 9.91. The third-order valence-electron chi connectivity index (χ3n) is 2.69. The van der Waals surface area contributed by atoms with Gasteiger partial charge in [0.1, 0.15) is 5.75 Å². The summed E-state index contributed by atoms with van der Waals surface area (Å²) in [6.07, 6.45) is -6.16. The quantitative estimate of drug-likeness (QED) is 0.804. The van der Waals surface area contributed by atoms with Gasteiger partial charge in [0.2, 0.25) is 0 Å². The summed E-state index contributed by atoms with van der Waals surface area (Å²) in [6, 6.07) is 6.60. The molecular formula is C11H11F3O2. The number of aliphatic hydroxyl groups is 1. The summed E-state index contributed by atoms with van der Waals surface area (Å²) < 4.78 is 42.8. The average molecular weight is 232 g/mol. The van der Waals surface area contributed by atoms with Crippen LogP contribution in [0.5, 0.6) is 5.75 Å². The fourth-order valence-electron chi connectivity index (χ4n) is 1.90. The number of para-hydroxylation sites is 1. The van der Waals surface area contributed by atoms with E-state index in [1.807, 2.05) is 0 Å². The first-order valence-electron chi connectivity index (χ1n) is 4.94. The first-order chi connectivity index (χ1) is 7.52. The Morgan fingerprint density at radius 1 is 1.31 bits per heavy atom. The smallest absolute Gasteiger partial charge is 0.425 e. The molecule has 1 N–H and O–H groups in total. The van der Waals surface area contributed by atoms with Gasteiger partial charge in [-0.15, -0.1) is 0 Å². The summed E-state index contributed by atoms with van der Waals surface area (Å²) in [6.45, 7) is -0.529. The first-order valence-corrected chi connectivity index (χ1v) is 4.94. The van der Waals surface area contributed by atoms with Crippen LogP contribution in [0.3, 0.4) is 0 Å². The highest BCUT2D eigenvalue weighted by molar-refractivity contribution is 5.36. The van der Waals surface area contributed by atoms with E-state index in [2.05, 4.69) is 0 Å². The molecule has 1 aromatic carbocycles. The van der Waals surface area contributed by atoms with E-state index >= 15 is 0 Å². The second-order valence-corrected chi connectivity index (χ2v) is 3.83. The maximum absolute atomic E-state index is 12.6. The summed E-state index contributed by atoms with van der Waals surface area (Å²) in [5.41, 5.74) is 0.710. The Bertz CT molecular complexity index is 376. The zero-order valence-electron chi connectivity index (χ0n) is 8.37. The highest BCUT2D eigenvalue weighted by Crippen LogP contribution is 2.37. The average Bonchev–Trinajstić information content (AvgIpc) is 2.26. The molecule has 2 nitrogen and oxygen atoms in total. The van der Waals surface area contributed by atoms with Gasteiger partial charge in [-0.2, -0.15) is 13.2 Å². The molecule has 0 spiro atoms. The summed E-state index contributed by atoms with van der Waals surface area (Å²) in [7, 11) is 0. The van der Waals surface area contributed by atoms with Gasteiger partial charge >= 0.3 is 6.18 Å². The molecule has 0 aliphatic carbocycles. The van der Waals surface area contributed by atoms with Gasteiger partial charge < -0.3 is 9.84 Å². The lowest BCUT2D eigenvalue weighted by Gasteiger charge is -2.33. The number of hydrogen-bond acceptors (Lipinski definition) is 2. The van der Waals surface area contributed by atoms with Crippen LogP contribution in [0.2, 0.25) is 0 Å². The summed E-state index contributed by atoms with van der Waals surface area (Å²) >= 11 is 0. The van der Waals surface area contributed by atoms with E-state index in [1.54, 1.807) is 18.2 Å². The van der Waals surface area contributed by atoms with Gasteiger partial charge in [0.25, 0.3) is 0 Å². The summed E-state index contributed by atoms with van der Waals surface area (Å²) in [5, 5.41) is 8.97. The summed E-state index contributed by atoms with van der Waals surface area (Å²) in [5.74, 6) is -0.663. The van der Waals surface area contributed by atoms with Gasteiger partial charge in [-0.25, -0.2) is 0 Å². The third-order valence-corrected chi connectivity index (χ3v) is 2.69. The number of halogens is 3. The minimum Gasteiger partial charge on any atom is -0.480 e. The van der Waals surface area contributed by atoms with Crippen molar-refractivity contribution in [3.8, 4) is 5.75 Å². The largest absolute Gasteiger partial charge is 0.480 e. The van der Waals surface area contributed by atoms with Crippen LogP contribution >= 0.6 is 0 Å². The number of benzene rings is 1. The molecule has 1 aromatic rings. The molecule has 0 amide bonds. The molecule has 0 radical (unpaired) electrons. The van der Waals surface area contributed by atoms with Crippen LogP contribution in [0.4, 0.5) is 13.2 Å². The number of ether oxygens (including phenoxy) is 1. The van der Waals surface area contributed by atoms with Gasteiger partial charge in [0.15, 0.2) is 6.10 Å². The number of hydrogen-bond donors (Lipinski definition) is 1. The molecule has 0 unspecified atom stereocenters. The van der Waals surface area contributed by atoms with E-state index in [0.29, 0.717) is 5.56 Å². The highest BCUT2D eigenvalue weighted by Gasteiger charge is 2.48. The van der Waals surface area contributed by atoms with Gasteiger partial charge in [-0.3, -0.25) is 0 Å². The molecule has 16 heavy (non-hydrogen) atoms. The zero-order chi connectivity index (χ0) is 11.8. The molecule has 0 bridgehead atoms. The number of rotatable bonds is 1. The van der Waals surface area contributed by atoms with Crippen molar-refractivity contribution < 1.29 is 23.0 Å². The van der Waals surface area contributed by atoms with Crippen molar-refractivity contribution >= 4 is 0 Å². The van der Waals surface area contributed by atoms with Gasteiger partial charge in [0.05, 0.1) is 6.61 Å². The van der Waals surface area contributed by atoms with Crippen molar-refractivity contribution in [3.63, 3.8) is 0 Å². The molecule has 2 rings (SSSR count). The van der Waals surface area contributed by atoms with E-state index < -0.39 is 24.8 Å². The van der Waals surface area contributed by atoms with E-state index in [1.165, 1.54) is 6.07 Å². The van der Waals surface area contributed by atoms with Crippen molar-refractivity contribution in [1.29, 1.82) is 0 Å². The van der Waals surface area contributed by atoms with Crippen molar-refractivity contribution in [2.24, 2.45) is 5.92 Å². The number of alkyl halides is 3. The molecule has 88 valence electrons. The SMILES string of the molecule is OC[C@H]1Cc2ccccc2O[C@H]1C(F)(F)F. The molecule has 1 aliphatic rings. The minimum atomic E-state index is -4.44. The maximum Gasteiger partial charge on any atom is 0.425 e. The van der Waals surface area contributed by atoms with Crippen molar-refractivity contribution in [1.82, 2.24) is 0 Å². The van der Waals surface area contributed by atoms with E-state index in [9.17, 15) is 13.2 Å². The third kappa shape index (κ3) is 2.00. The molecular weight excluding hydrogens is 221 g/mol. The van der Waals surface area contributed by atoms with Crippen LogP contribution in [0.15, 0.2) is 24.3 Å². The Morgan fingerprint density at radius 2 is 2.00 bits per heavy atom. The van der Waals surface area contributed by atoms with Crippen molar-refractivity contribution in [2.45, 2.75) is 18.7 Å². The van der Waals surface area contributed by atoms with Crippen LogP contribution in [-0.4, -0.2) is 24.0 Å². The fourth-order valence-corrected chi connectivity index (χ4v) is 1.90.